The van der Waals surface area contributed by atoms with Gasteiger partial charge in [-0.05, 0) is 81.7 Å². The molecule has 0 radical (unpaired) electrons. The number of hydrogen-bond acceptors (Lipinski definition) is 7. The second kappa shape index (κ2) is 11.7. The minimum atomic E-state index is 0.556. The van der Waals surface area contributed by atoms with Gasteiger partial charge in [-0.15, -0.1) is 0 Å². The van der Waals surface area contributed by atoms with Crippen molar-refractivity contribution in [3.05, 3.63) is 60.6 Å². The van der Waals surface area contributed by atoms with Crippen molar-refractivity contribution >= 4 is 22.4 Å². The summed E-state index contributed by atoms with van der Waals surface area (Å²) in [7, 11) is 3.62. The molecular formula is C29H36N6O2. The lowest BCUT2D eigenvalue weighted by atomic mass is 10.1. The van der Waals surface area contributed by atoms with Crippen LogP contribution in [0.2, 0.25) is 0 Å². The fourth-order valence-electron chi connectivity index (χ4n) is 4.95. The molecule has 1 aliphatic heterocycles. The largest absolute Gasteiger partial charge is 0.497 e. The normalized spacial score (nSPS) is 13.9. The lowest BCUT2D eigenvalue weighted by Gasteiger charge is -2.27. The van der Waals surface area contributed by atoms with Crippen molar-refractivity contribution in [2.75, 3.05) is 44.8 Å². The van der Waals surface area contributed by atoms with Gasteiger partial charge in [0.2, 0.25) is 0 Å². The molecule has 2 aromatic carbocycles. The first-order chi connectivity index (χ1) is 18.1. The van der Waals surface area contributed by atoms with Crippen LogP contribution >= 0.6 is 0 Å². The summed E-state index contributed by atoms with van der Waals surface area (Å²) in [5.41, 5.74) is 6.78. The molecule has 194 valence electrons. The van der Waals surface area contributed by atoms with E-state index in [1.54, 1.807) is 11.8 Å². The maximum absolute atomic E-state index is 5.72. The third-order valence-electron chi connectivity index (χ3n) is 6.86. The van der Waals surface area contributed by atoms with Gasteiger partial charge in [-0.2, -0.15) is 5.10 Å². The lowest BCUT2D eigenvalue weighted by Crippen LogP contribution is -2.26. The summed E-state index contributed by atoms with van der Waals surface area (Å²) in [5, 5.41) is 4.29. The van der Waals surface area contributed by atoms with Gasteiger partial charge in [0.15, 0.2) is 0 Å². The molecule has 0 spiro atoms. The van der Waals surface area contributed by atoms with E-state index < -0.39 is 0 Å². The lowest BCUT2D eigenvalue weighted by molar-refractivity contribution is 0.134. The van der Waals surface area contributed by atoms with Crippen LogP contribution in [0.4, 0.5) is 11.4 Å². The molecule has 5 rings (SSSR count). The highest BCUT2D eigenvalue weighted by Crippen LogP contribution is 2.32. The van der Waals surface area contributed by atoms with E-state index in [-0.39, 0.29) is 0 Å². The molecule has 0 amide bonds. The standard InChI is InChI=1S/C29H36N6O2/c1-4-37-21-22-14-25(16-26(15-22)36-3)35(13-7-12-34-10-5-6-11-34)24-8-9-27-28(17-24)32-29(19-30-27)23-18-31-33(2)20-23/h8-9,14-20H,4-7,10-13,21H2,1-3H3. The number of likely N-dealkylation sites (tertiary alicyclic amines) is 1. The highest BCUT2D eigenvalue weighted by atomic mass is 16.5. The number of rotatable bonds is 11. The molecule has 2 aromatic heterocycles. The fourth-order valence-corrected chi connectivity index (χ4v) is 4.95. The first kappa shape index (κ1) is 25.2. The maximum atomic E-state index is 5.72. The van der Waals surface area contributed by atoms with E-state index in [0.717, 1.165) is 64.5 Å². The molecular weight excluding hydrogens is 464 g/mol. The quantitative estimate of drug-likeness (QED) is 0.280. The van der Waals surface area contributed by atoms with Gasteiger partial charge in [-0.25, -0.2) is 4.98 Å². The molecule has 8 heteroatoms. The molecule has 0 unspecified atom stereocenters. The SMILES string of the molecule is CCOCc1cc(OC)cc(N(CCCN2CCCC2)c2ccc3ncc(-c4cnn(C)c4)nc3c2)c1. The minimum Gasteiger partial charge on any atom is -0.497 e. The molecule has 1 saturated heterocycles. The van der Waals surface area contributed by atoms with Crippen LogP contribution in [-0.2, 0) is 18.4 Å². The van der Waals surface area contributed by atoms with Gasteiger partial charge in [0, 0.05) is 49.4 Å². The van der Waals surface area contributed by atoms with E-state index in [1.165, 1.54) is 25.9 Å². The van der Waals surface area contributed by atoms with Crippen LogP contribution in [0, 0.1) is 0 Å². The third-order valence-corrected chi connectivity index (χ3v) is 6.86. The number of methoxy groups -OCH3 is 1. The Kier molecular flexibility index (Phi) is 7.96. The number of aromatic nitrogens is 4. The molecule has 8 nitrogen and oxygen atoms in total. The van der Waals surface area contributed by atoms with Crippen molar-refractivity contribution in [2.45, 2.75) is 32.8 Å². The summed E-state index contributed by atoms with van der Waals surface area (Å²) in [5.74, 6) is 0.830. The van der Waals surface area contributed by atoms with Crippen molar-refractivity contribution in [1.29, 1.82) is 0 Å². The molecule has 3 heterocycles. The first-order valence-corrected chi connectivity index (χ1v) is 13.1. The summed E-state index contributed by atoms with van der Waals surface area (Å²) in [4.78, 5) is 14.5. The zero-order valence-corrected chi connectivity index (χ0v) is 22.1. The monoisotopic (exact) mass is 500 g/mol. The highest BCUT2D eigenvalue weighted by molar-refractivity contribution is 5.82. The van der Waals surface area contributed by atoms with Crippen molar-refractivity contribution in [1.82, 2.24) is 24.6 Å². The van der Waals surface area contributed by atoms with Gasteiger partial charge >= 0.3 is 0 Å². The Labute approximate surface area is 218 Å². The van der Waals surface area contributed by atoms with Gasteiger partial charge in [-0.3, -0.25) is 9.67 Å². The van der Waals surface area contributed by atoms with Crippen LogP contribution in [0.25, 0.3) is 22.3 Å². The zero-order valence-electron chi connectivity index (χ0n) is 22.1. The van der Waals surface area contributed by atoms with Crippen molar-refractivity contribution < 1.29 is 9.47 Å². The Balaban J connectivity index is 1.50. The van der Waals surface area contributed by atoms with Crippen LogP contribution in [-0.4, -0.2) is 64.5 Å². The van der Waals surface area contributed by atoms with E-state index in [1.807, 2.05) is 38.6 Å². The zero-order chi connectivity index (χ0) is 25.6. The van der Waals surface area contributed by atoms with Gasteiger partial charge in [-0.1, -0.05) is 0 Å². The molecule has 4 aromatic rings. The van der Waals surface area contributed by atoms with Crippen LogP contribution < -0.4 is 9.64 Å². The van der Waals surface area contributed by atoms with Gasteiger partial charge in [0.1, 0.15) is 5.75 Å². The van der Waals surface area contributed by atoms with Crippen LogP contribution in [0.1, 0.15) is 31.7 Å². The fraction of sp³-hybridized carbons (Fsp3) is 0.414. The number of nitrogens with zero attached hydrogens (tertiary/aromatic N) is 6. The Morgan fingerprint density at radius 2 is 1.86 bits per heavy atom. The average molecular weight is 501 g/mol. The second-order valence-corrected chi connectivity index (χ2v) is 9.56. The van der Waals surface area contributed by atoms with Crippen molar-refractivity contribution in [3.8, 4) is 17.0 Å². The van der Waals surface area contributed by atoms with Gasteiger partial charge in [0.05, 0.1) is 42.8 Å². The van der Waals surface area contributed by atoms with Crippen LogP contribution in [0.5, 0.6) is 5.75 Å². The Hall–Kier alpha value is -3.49. The third kappa shape index (κ3) is 6.09. The van der Waals surface area contributed by atoms with Crippen LogP contribution in [0.3, 0.4) is 0 Å². The van der Waals surface area contributed by atoms with Crippen LogP contribution in [0.15, 0.2) is 55.0 Å². The predicted molar refractivity (Wildman–Crippen MR) is 147 cm³/mol. The molecule has 0 aliphatic carbocycles. The molecule has 0 atom stereocenters. The van der Waals surface area contributed by atoms with E-state index >= 15 is 0 Å². The molecule has 0 saturated carbocycles. The van der Waals surface area contributed by atoms with E-state index in [9.17, 15) is 0 Å². The minimum absolute atomic E-state index is 0.556. The number of hydrogen-bond donors (Lipinski definition) is 0. The number of benzene rings is 2. The molecule has 0 N–H and O–H groups in total. The van der Waals surface area contributed by atoms with Gasteiger partial charge in [0.25, 0.3) is 0 Å². The second-order valence-electron chi connectivity index (χ2n) is 9.56. The summed E-state index contributed by atoms with van der Waals surface area (Å²) < 4.78 is 13.2. The summed E-state index contributed by atoms with van der Waals surface area (Å²) in [6.07, 6.45) is 9.28. The number of fused-ring (bicyclic) bond motifs is 1. The van der Waals surface area contributed by atoms with Gasteiger partial charge < -0.3 is 19.3 Å². The topological polar surface area (TPSA) is 68.5 Å². The van der Waals surface area contributed by atoms with E-state index in [4.69, 9.17) is 14.5 Å². The Morgan fingerprint density at radius 3 is 2.62 bits per heavy atom. The summed E-state index contributed by atoms with van der Waals surface area (Å²) in [6.45, 7) is 7.65. The Bertz CT molecular complexity index is 1330. The Morgan fingerprint density at radius 1 is 1.00 bits per heavy atom. The van der Waals surface area contributed by atoms with E-state index in [0.29, 0.717) is 13.2 Å². The molecule has 1 aliphatic rings. The molecule has 0 bridgehead atoms. The first-order valence-electron chi connectivity index (χ1n) is 13.1. The molecule has 37 heavy (non-hydrogen) atoms. The van der Waals surface area contributed by atoms with Crippen molar-refractivity contribution in [3.63, 3.8) is 0 Å². The summed E-state index contributed by atoms with van der Waals surface area (Å²) in [6, 6.07) is 12.7. The predicted octanol–water partition coefficient (Wildman–Crippen LogP) is 5.20. The number of ether oxygens (including phenoxy) is 2. The summed E-state index contributed by atoms with van der Waals surface area (Å²) >= 11 is 0. The van der Waals surface area contributed by atoms with E-state index in [2.05, 4.69) is 50.2 Å². The number of anilines is 2. The number of aryl methyl sites for hydroxylation is 1. The smallest absolute Gasteiger partial charge is 0.121 e. The maximum Gasteiger partial charge on any atom is 0.121 e. The average Bonchev–Trinajstić information content (AvgIpc) is 3.61. The van der Waals surface area contributed by atoms with Crippen molar-refractivity contribution in [2.24, 2.45) is 7.05 Å². The highest BCUT2D eigenvalue weighted by Gasteiger charge is 2.16. The molecule has 1 fully saturated rings.